The molecule has 1 rings (SSSR count). The van der Waals surface area contributed by atoms with E-state index in [1.54, 1.807) is 6.26 Å². The number of thioether (sulfide) groups is 1. The van der Waals surface area contributed by atoms with Crippen molar-refractivity contribution >= 4 is 33.4 Å². The monoisotopic (exact) mass is 279 g/mol. The highest BCUT2D eigenvalue weighted by atomic mass is 32.2. The molecule has 17 heavy (non-hydrogen) atoms. The van der Waals surface area contributed by atoms with Gasteiger partial charge in [0.25, 0.3) is 0 Å². The molecule has 0 aliphatic rings. The SMILES string of the molecule is CSc1nn(CCS(C)(=O)=O)c(N)c1C(=O)O. The molecule has 0 unspecified atom stereocenters. The second-order valence-corrected chi connectivity index (χ2v) is 6.48. The van der Waals surface area contributed by atoms with Crippen molar-refractivity contribution in [1.29, 1.82) is 0 Å². The summed E-state index contributed by atoms with van der Waals surface area (Å²) in [6.07, 6.45) is 2.77. The molecule has 1 heterocycles. The highest BCUT2D eigenvalue weighted by Crippen LogP contribution is 2.24. The Bertz CT molecular complexity index is 535. The van der Waals surface area contributed by atoms with Crippen LogP contribution in [-0.2, 0) is 16.4 Å². The van der Waals surface area contributed by atoms with Crippen LogP contribution in [0.5, 0.6) is 0 Å². The molecule has 0 aromatic carbocycles. The Hall–Kier alpha value is -1.22. The summed E-state index contributed by atoms with van der Waals surface area (Å²) < 4.78 is 23.2. The minimum absolute atomic E-state index is 0.0227. The molecule has 0 saturated carbocycles. The van der Waals surface area contributed by atoms with E-state index in [1.807, 2.05) is 0 Å². The zero-order valence-electron chi connectivity index (χ0n) is 9.37. The molecule has 0 aliphatic heterocycles. The van der Waals surface area contributed by atoms with Gasteiger partial charge in [0.05, 0.1) is 12.3 Å². The van der Waals surface area contributed by atoms with Crippen LogP contribution in [0, 0.1) is 0 Å². The number of carboxylic acids is 1. The largest absolute Gasteiger partial charge is 0.477 e. The average molecular weight is 279 g/mol. The molecule has 0 bridgehead atoms. The van der Waals surface area contributed by atoms with Gasteiger partial charge in [0.1, 0.15) is 26.2 Å². The summed E-state index contributed by atoms with van der Waals surface area (Å²) in [5.41, 5.74) is 5.54. The molecule has 0 spiro atoms. The van der Waals surface area contributed by atoms with E-state index < -0.39 is 15.8 Å². The number of carboxylic acid groups (broad SMARTS) is 1. The van der Waals surface area contributed by atoms with Gasteiger partial charge in [-0.15, -0.1) is 11.8 Å². The topological polar surface area (TPSA) is 115 Å². The zero-order valence-corrected chi connectivity index (χ0v) is 11.0. The van der Waals surface area contributed by atoms with Crippen molar-refractivity contribution in [2.45, 2.75) is 11.6 Å². The quantitative estimate of drug-likeness (QED) is 0.725. The van der Waals surface area contributed by atoms with Crippen LogP contribution in [0.4, 0.5) is 5.82 Å². The molecule has 0 amide bonds. The lowest BCUT2D eigenvalue weighted by molar-refractivity contribution is 0.0694. The Kier molecular flexibility index (Phi) is 4.04. The number of carbonyl (C=O) groups is 1. The fraction of sp³-hybridized carbons (Fsp3) is 0.500. The Morgan fingerprint density at radius 2 is 2.18 bits per heavy atom. The lowest BCUT2D eigenvalue weighted by atomic mass is 10.3. The van der Waals surface area contributed by atoms with Crippen molar-refractivity contribution in [1.82, 2.24) is 9.78 Å². The third kappa shape index (κ3) is 3.37. The molecule has 7 nitrogen and oxygen atoms in total. The van der Waals surface area contributed by atoms with Crippen LogP contribution in [0.15, 0.2) is 5.03 Å². The maximum atomic E-state index is 11.0. The number of hydrogen-bond acceptors (Lipinski definition) is 6. The van der Waals surface area contributed by atoms with Crippen LogP contribution >= 0.6 is 11.8 Å². The van der Waals surface area contributed by atoms with Crippen LogP contribution in [0.1, 0.15) is 10.4 Å². The number of sulfone groups is 1. The van der Waals surface area contributed by atoms with E-state index in [4.69, 9.17) is 10.8 Å². The number of rotatable bonds is 5. The van der Waals surface area contributed by atoms with Gasteiger partial charge in [-0.25, -0.2) is 17.9 Å². The molecule has 1 aromatic heterocycles. The van der Waals surface area contributed by atoms with Crippen LogP contribution in [-0.4, -0.2) is 47.5 Å². The van der Waals surface area contributed by atoms with Crippen molar-refractivity contribution in [3.63, 3.8) is 0 Å². The first-order chi connectivity index (χ1) is 7.76. The van der Waals surface area contributed by atoms with Crippen LogP contribution in [0.3, 0.4) is 0 Å². The number of nitrogens with two attached hydrogens (primary N) is 1. The van der Waals surface area contributed by atoms with Crippen molar-refractivity contribution in [2.24, 2.45) is 0 Å². The van der Waals surface area contributed by atoms with Gasteiger partial charge < -0.3 is 10.8 Å². The summed E-state index contributed by atoms with van der Waals surface area (Å²) in [6, 6.07) is 0. The molecule has 0 aliphatic carbocycles. The third-order valence-corrected chi connectivity index (χ3v) is 3.64. The molecule has 96 valence electrons. The first-order valence-corrected chi connectivity index (χ1v) is 7.86. The Morgan fingerprint density at radius 1 is 1.59 bits per heavy atom. The van der Waals surface area contributed by atoms with Crippen LogP contribution < -0.4 is 5.73 Å². The van der Waals surface area contributed by atoms with Crippen LogP contribution in [0.25, 0.3) is 0 Å². The van der Waals surface area contributed by atoms with Crippen molar-refractivity contribution in [2.75, 3.05) is 24.0 Å². The molecule has 0 fully saturated rings. The number of aryl methyl sites for hydroxylation is 1. The maximum Gasteiger partial charge on any atom is 0.342 e. The van der Waals surface area contributed by atoms with Gasteiger partial charge in [-0.3, -0.25) is 0 Å². The molecule has 3 N–H and O–H groups in total. The smallest absolute Gasteiger partial charge is 0.342 e. The predicted octanol–water partition coefficient (Wildman–Crippen LogP) is -0.0700. The van der Waals surface area contributed by atoms with E-state index in [0.29, 0.717) is 0 Å². The Labute approximate surface area is 103 Å². The number of nitrogens with zero attached hydrogens (tertiary/aromatic N) is 2. The fourth-order valence-corrected chi connectivity index (χ4v) is 2.30. The highest BCUT2D eigenvalue weighted by molar-refractivity contribution is 7.98. The first kappa shape index (κ1) is 13.8. The van der Waals surface area contributed by atoms with Gasteiger partial charge in [-0.1, -0.05) is 0 Å². The van der Waals surface area contributed by atoms with Crippen molar-refractivity contribution < 1.29 is 18.3 Å². The average Bonchev–Trinajstić information content (AvgIpc) is 2.51. The van der Waals surface area contributed by atoms with E-state index in [2.05, 4.69) is 5.10 Å². The summed E-state index contributed by atoms with van der Waals surface area (Å²) in [5, 5.41) is 13.2. The summed E-state index contributed by atoms with van der Waals surface area (Å²) in [5.74, 6) is -1.32. The number of anilines is 1. The summed E-state index contributed by atoms with van der Waals surface area (Å²) in [6.45, 7) is 0.0471. The third-order valence-electron chi connectivity index (χ3n) is 2.04. The van der Waals surface area contributed by atoms with E-state index in [9.17, 15) is 13.2 Å². The molecule has 0 radical (unpaired) electrons. The van der Waals surface area contributed by atoms with E-state index in [-0.39, 0.29) is 28.7 Å². The summed E-state index contributed by atoms with van der Waals surface area (Å²) >= 11 is 1.15. The van der Waals surface area contributed by atoms with Gasteiger partial charge in [0, 0.05) is 6.26 Å². The Balaban J connectivity index is 3.07. The molecular weight excluding hydrogens is 266 g/mol. The van der Waals surface area contributed by atoms with Crippen molar-refractivity contribution in [3.05, 3.63) is 5.56 Å². The summed E-state index contributed by atoms with van der Waals surface area (Å²) in [7, 11) is -3.14. The number of aromatic nitrogens is 2. The van der Waals surface area contributed by atoms with Crippen molar-refractivity contribution in [3.8, 4) is 0 Å². The zero-order chi connectivity index (χ0) is 13.2. The van der Waals surface area contributed by atoms with Gasteiger partial charge in [-0.05, 0) is 6.26 Å². The summed E-state index contributed by atoms with van der Waals surface area (Å²) in [4.78, 5) is 11.0. The van der Waals surface area contributed by atoms with E-state index in [1.165, 1.54) is 4.68 Å². The minimum Gasteiger partial charge on any atom is -0.477 e. The van der Waals surface area contributed by atoms with Gasteiger partial charge >= 0.3 is 5.97 Å². The van der Waals surface area contributed by atoms with E-state index >= 15 is 0 Å². The van der Waals surface area contributed by atoms with Gasteiger partial charge in [-0.2, -0.15) is 5.10 Å². The molecular formula is C8H13N3O4S2. The molecule has 0 saturated heterocycles. The van der Waals surface area contributed by atoms with Gasteiger partial charge in [0.2, 0.25) is 0 Å². The van der Waals surface area contributed by atoms with Gasteiger partial charge in [0.15, 0.2) is 0 Å². The molecule has 9 heteroatoms. The van der Waals surface area contributed by atoms with E-state index in [0.717, 1.165) is 18.0 Å². The lowest BCUT2D eigenvalue weighted by Gasteiger charge is -2.02. The number of aromatic carboxylic acids is 1. The fourth-order valence-electron chi connectivity index (χ4n) is 1.22. The first-order valence-electron chi connectivity index (χ1n) is 4.57. The lowest BCUT2D eigenvalue weighted by Crippen LogP contribution is -2.14. The highest BCUT2D eigenvalue weighted by Gasteiger charge is 2.21. The predicted molar refractivity (Wildman–Crippen MR) is 65.1 cm³/mol. The molecule has 1 aromatic rings. The normalized spacial score (nSPS) is 11.6. The number of nitrogen functional groups attached to an aromatic ring is 1. The Morgan fingerprint density at radius 3 is 2.53 bits per heavy atom. The second kappa shape index (κ2) is 4.96. The number of hydrogen-bond donors (Lipinski definition) is 2. The molecule has 0 atom stereocenters. The second-order valence-electron chi connectivity index (χ2n) is 3.43. The maximum absolute atomic E-state index is 11.0. The standard InChI is InChI=1S/C8H13N3O4S2/c1-16-7-5(8(12)13)6(9)11(10-7)3-4-17(2,14)15/h3-4,9H2,1-2H3,(H,12,13). The van der Waals surface area contributed by atoms with Crippen LogP contribution in [0.2, 0.25) is 0 Å². The minimum atomic E-state index is -3.14.